The summed E-state index contributed by atoms with van der Waals surface area (Å²) in [6, 6.07) is 17.5. The first kappa shape index (κ1) is 20.9. The van der Waals surface area contributed by atoms with Crippen LogP contribution in [-0.2, 0) is 14.2 Å². The summed E-state index contributed by atoms with van der Waals surface area (Å²) in [5, 5.41) is 7.46. The van der Waals surface area contributed by atoms with E-state index in [1.807, 2.05) is 54.6 Å². The number of rotatable bonds is 12. The highest BCUT2D eigenvalue weighted by molar-refractivity contribution is 5.69. The number of nitrogen functional groups attached to an aromatic ring is 1. The number of aromatic amines is 1. The van der Waals surface area contributed by atoms with Crippen molar-refractivity contribution in [3.8, 4) is 28.3 Å². The van der Waals surface area contributed by atoms with Crippen LogP contribution in [0.15, 0.2) is 54.6 Å². The number of methoxy groups -OCH3 is 1. The largest absolute Gasteiger partial charge is 0.491 e. The van der Waals surface area contributed by atoms with Gasteiger partial charge in [-0.25, -0.2) is 0 Å². The normalized spacial score (nSPS) is 10.9. The van der Waals surface area contributed by atoms with Gasteiger partial charge in [-0.3, -0.25) is 5.10 Å². The Morgan fingerprint density at radius 1 is 0.793 bits per heavy atom. The molecular weight excluding hydrogens is 370 g/mol. The van der Waals surface area contributed by atoms with Gasteiger partial charge in [-0.2, -0.15) is 5.10 Å². The van der Waals surface area contributed by atoms with Crippen LogP contribution >= 0.6 is 0 Å². The molecule has 3 rings (SSSR count). The van der Waals surface area contributed by atoms with Crippen LogP contribution in [0.5, 0.6) is 5.75 Å². The van der Waals surface area contributed by atoms with E-state index in [9.17, 15) is 0 Å². The van der Waals surface area contributed by atoms with Gasteiger partial charge in [0.05, 0.1) is 44.4 Å². The number of nitrogens with zero attached hydrogens (tertiary/aromatic N) is 1. The molecule has 3 N–H and O–H groups in total. The molecule has 0 saturated carbocycles. The molecule has 0 aliphatic heterocycles. The van der Waals surface area contributed by atoms with Gasteiger partial charge >= 0.3 is 0 Å². The zero-order valence-corrected chi connectivity index (χ0v) is 16.6. The third kappa shape index (κ3) is 6.60. The average Bonchev–Trinajstić information content (AvgIpc) is 3.24. The third-order valence-electron chi connectivity index (χ3n) is 4.25. The summed E-state index contributed by atoms with van der Waals surface area (Å²) < 4.78 is 21.4. The van der Waals surface area contributed by atoms with E-state index in [4.69, 9.17) is 24.7 Å². The summed E-state index contributed by atoms with van der Waals surface area (Å²) in [7, 11) is 1.65. The van der Waals surface area contributed by atoms with Crippen LogP contribution in [0.1, 0.15) is 0 Å². The lowest BCUT2D eigenvalue weighted by atomic mass is 10.1. The van der Waals surface area contributed by atoms with Gasteiger partial charge < -0.3 is 24.7 Å². The quantitative estimate of drug-likeness (QED) is 0.360. The fraction of sp³-hybridized carbons (Fsp3) is 0.318. The Balaban J connectivity index is 1.42. The van der Waals surface area contributed by atoms with Crippen molar-refractivity contribution in [1.82, 2.24) is 10.2 Å². The van der Waals surface area contributed by atoms with Gasteiger partial charge in [-0.1, -0.05) is 12.1 Å². The molecule has 0 spiro atoms. The van der Waals surface area contributed by atoms with E-state index in [-0.39, 0.29) is 0 Å². The fourth-order valence-electron chi connectivity index (χ4n) is 2.68. The highest BCUT2D eigenvalue weighted by Gasteiger charge is 2.06. The zero-order chi connectivity index (χ0) is 20.3. The number of hydrogen-bond acceptors (Lipinski definition) is 6. The Kier molecular flexibility index (Phi) is 8.06. The van der Waals surface area contributed by atoms with E-state index >= 15 is 0 Å². The van der Waals surface area contributed by atoms with Crippen LogP contribution in [0.25, 0.3) is 22.5 Å². The Morgan fingerprint density at radius 2 is 1.41 bits per heavy atom. The van der Waals surface area contributed by atoms with Crippen LogP contribution in [-0.4, -0.2) is 56.9 Å². The first-order valence-electron chi connectivity index (χ1n) is 9.55. The lowest BCUT2D eigenvalue weighted by Crippen LogP contribution is -2.12. The number of benzene rings is 2. The minimum absolute atomic E-state index is 0.489. The van der Waals surface area contributed by atoms with Gasteiger partial charge in [0.25, 0.3) is 0 Å². The van der Waals surface area contributed by atoms with Crippen molar-refractivity contribution < 1.29 is 18.9 Å². The smallest absolute Gasteiger partial charge is 0.119 e. The van der Waals surface area contributed by atoms with E-state index in [0.29, 0.717) is 39.6 Å². The van der Waals surface area contributed by atoms with E-state index in [1.54, 1.807) is 7.11 Å². The fourth-order valence-corrected chi connectivity index (χ4v) is 2.68. The van der Waals surface area contributed by atoms with Crippen LogP contribution in [0, 0.1) is 0 Å². The number of nitrogens with two attached hydrogens (primary N) is 1. The molecule has 1 aromatic heterocycles. The molecule has 3 aromatic rings. The summed E-state index contributed by atoms with van der Waals surface area (Å²) in [6.07, 6.45) is 0. The minimum Gasteiger partial charge on any atom is -0.491 e. The molecule has 0 atom stereocenters. The van der Waals surface area contributed by atoms with Crippen LogP contribution in [0.4, 0.5) is 5.69 Å². The topological polar surface area (TPSA) is 91.6 Å². The van der Waals surface area contributed by atoms with Gasteiger partial charge in [0.1, 0.15) is 12.4 Å². The molecule has 0 amide bonds. The number of anilines is 1. The highest BCUT2D eigenvalue weighted by atomic mass is 16.6. The van der Waals surface area contributed by atoms with Crippen molar-refractivity contribution in [1.29, 1.82) is 0 Å². The monoisotopic (exact) mass is 397 g/mol. The summed E-state index contributed by atoms with van der Waals surface area (Å²) in [6.45, 7) is 3.29. The average molecular weight is 397 g/mol. The molecule has 2 aromatic carbocycles. The molecule has 0 unspecified atom stereocenters. The Bertz CT molecular complexity index is 847. The van der Waals surface area contributed by atoms with E-state index in [2.05, 4.69) is 10.2 Å². The van der Waals surface area contributed by atoms with Gasteiger partial charge in [0.2, 0.25) is 0 Å². The molecular formula is C22H27N3O4. The second-order valence-electron chi connectivity index (χ2n) is 6.38. The summed E-state index contributed by atoms with van der Waals surface area (Å²) in [5.74, 6) is 0.798. The van der Waals surface area contributed by atoms with Crippen LogP contribution in [0.3, 0.4) is 0 Å². The van der Waals surface area contributed by atoms with Gasteiger partial charge in [-0.05, 0) is 48.0 Å². The van der Waals surface area contributed by atoms with Gasteiger partial charge in [0, 0.05) is 18.4 Å². The molecule has 0 saturated heterocycles. The molecule has 0 aliphatic carbocycles. The third-order valence-corrected chi connectivity index (χ3v) is 4.25. The minimum atomic E-state index is 0.489. The van der Waals surface area contributed by atoms with Crippen molar-refractivity contribution in [2.45, 2.75) is 0 Å². The Labute approximate surface area is 170 Å². The molecule has 7 nitrogen and oxygen atoms in total. The molecule has 0 radical (unpaired) electrons. The molecule has 0 fully saturated rings. The number of aromatic nitrogens is 2. The lowest BCUT2D eigenvalue weighted by molar-refractivity contribution is 0.0180. The Morgan fingerprint density at radius 3 is 2.10 bits per heavy atom. The maximum absolute atomic E-state index is 5.74. The van der Waals surface area contributed by atoms with Crippen molar-refractivity contribution in [2.24, 2.45) is 0 Å². The predicted octanol–water partition coefficient (Wildman–Crippen LogP) is 3.38. The SMILES string of the molecule is COCCOCCOCCOc1ccc(-c2cc(-c3ccc(N)cc3)n[nH]2)cc1. The van der Waals surface area contributed by atoms with Crippen molar-refractivity contribution >= 4 is 5.69 Å². The van der Waals surface area contributed by atoms with Gasteiger partial charge in [-0.15, -0.1) is 0 Å². The van der Waals surface area contributed by atoms with Crippen molar-refractivity contribution in [3.63, 3.8) is 0 Å². The van der Waals surface area contributed by atoms with Crippen molar-refractivity contribution in [3.05, 3.63) is 54.6 Å². The number of ether oxygens (including phenoxy) is 4. The van der Waals surface area contributed by atoms with E-state index in [0.717, 1.165) is 34.0 Å². The van der Waals surface area contributed by atoms with Crippen molar-refractivity contribution in [2.75, 3.05) is 52.5 Å². The van der Waals surface area contributed by atoms with Crippen LogP contribution < -0.4 is 10.5 Å². The molecule has 7 heteroatoms. The maximum atomic E-state index is 5.74. The second kappa shape index (κ2) is 11.2. The summed E-state index contributed by atoms with van der Waals surface area (Å²) in [4.78, 5) is 0. The first-order chi connectivity index (χ1) is 14.3. The summed E-state index contributed by atoms with van der Waals surface area (Å²) >= 11 is 0. The van der Waals surface area contributed by atoms with Gasteiger partial charge in [0.15, 0.2) is 0 Å². The number of H-pyrrole nitrogens is 1. The summed E-state index contributed by atoms with van der Waals surface area (Å²) in [5.41, 5.74) is 10.4. The molecule has 154 valence electrons. The van der Waals surface area contributed by atoms with E-state index in [1.165, 1.54) is 0 Å². The first-order valence-corrected chi connectivity index (χ1v) is 9.55. The standard InChI is InChI=1S/C22H27N3O4/c1-26-10-11-27-12-13-28-14-15-29-20-8-4-18(5-9-20)22-16-21(24-25-22)17-2-6-19(23)7-3-17/h2-9,16H,10-15,23H2,1H3,(H,24,25). The number of hydrogen-bond donors (Lipinski definition) is 2. The highest BCUT2D eigenvalue weighted by Crippen LogP contribution is 2.25. The van der Waals surface area contributed by atoms with E-state index < -0.39 is 0 Å². The molecule has 29 heavy (non-hydrogen) atoms. The lowest BCUT2D eigenvalue weighted by Gasteiger charge is -2.08. The molecule has 0 bridgehead atoms. The second-order valence-corrected chi connectivity index (χ2v) is 6.38. The predicted molar refractivity (Wildman–Crippen MR) is 113 cm³/mol. The Hall–Kier alpha value is -2.87. The zero-order valence-electron chi connectivity index (χ0n) is 16.6. The molecule has 1 heterocycles. The van der Waals surface area contributed by atoms with Crippen LogP contribution in [0.2, 0.25) is 0 Å². The molecule has 0 aliphatic rings. The maximum Gasteiger partial charge on any atom is 0.119 e. The number of nitrogens with one attached hydrogen (secondary N) is 1.